The Morgan fingerprint density at radius 2 is 2.23 bits per heavy atom. The number of methoxy groups -OCH3 is 1. The van der Waals surface area contributed by atoms with Crippen molar-refractivity contribution in [3.8, 4) is 5.75 Å². The van der Waals surface area contributed by atoms with Crippen LogP contribution < -0.4 is 15.8 Å². The van der Waals surface area contributed by atoms with Crippen LogP contribution in [-0.4, -0.2) is 47.8 Å². The molecule has 0 radical (unpaired) electrons. The van der Waals surface area contributed by atoms with Crippen molar-refractivity contribution in [2.75, 3.05) is 31.2 Å². The third kappa shape index (κ3) is 4.16. The van der Waals surface area contributed by atoms with Gasteiger partial charge in [-0.15, -0.1) is 0 Å². The van der Waals surface area contributed by atoms with Crippen molar-refractivity contribution in [3.63, 3.8) is 0 Å². The van der Waals surface area contributed by atoms with Gasteiger partial charge in [0, 0.05) is 25.2 Å². The molecule has 1 fully saturated rings. The van der Waals surface area contributed by atoms with Crippen molar-refractivity contribution in [2.45, 2.75) is 38.8 Å². The minimum absolute atomic E-state index is 0.107. The highest BCUT2D eigenvalue weighted by Gasteiger charge is 2.30. The van der Waals surface area contributed by atoms with Gasteiger partial charge in [0.25, 0.3) is 0 Å². The molecule has 0 bridgehead atoms. The molecule has 122 valence electrons. The van der Waals surface area contributed by atoms with Crippen LogP contribution in [0.1, 0.15) is 27.2 Å². The van der Waals surface area contributed by atoms with Crippen LogP contribution in [0.5, 0.6) is 5.75 Å². The first kappa shape index (κ1) is 16.2. The van der Waals surface area contributed by atoms with Crippen molar-refractivity contribution in [2.24, 2.45) is 0 Å². The predicted octanol–water partition coefficient (Wildman–Crippen LogP) is 2.09. The zero-order valence-electron chi connectivity index (χ0n) is 13.5. The van der Waals surface area contributed by atoms with E-state index in [1.165, 1.54) is 0 Å². The number of likely N-dealkylation sites (tertiary alicyclic amines) is 1. The molecule has 1 aromatic rings. The van der Waals surface area contributed by atoms with E-state index in [0.717, 1.165) is 6.42 Å². The number of ether oxygens (including phenoxy) is 2. The number of amides is 1. The Kier molecular flexibility index (Phi) is 4.63. The number of hydrogen-bond donors (Lipinski definition) is 2. The van der Waals surface area contributed by atoms with Gasteiger partial charge in [0.2, 0.25) is 0 Å². The van der Waals surface area contributed by atoms with Gasteiger partial charge in [-0.05, 0) is 27.2 Å². The zero-order valence-corrected chi connectivity index (χ0v) is 13.5. The summed E-state index contributed by atoms with van der Waals surface area (Å²) in [6.07, 6.45) is 2.15. The molecule has 2 rings (SSSR count). The van der Waals surface area contributed by atoms with Crippen LogP contribution in [0.15, 0.2) is 12.3 Å². The molecule has 1 aromatic heterocycles. The number of nitrogen functional groups attached to an aromatic ring is 1. The summed E-state index contributed by atoms with van der Waals surface area (Å²) in [5.41, 5.74) is 5.98. The Hall–Kier alpha value is -2.18. The molecule has 22 heavy (non-hydrogen) atoms. The number of nitrogens with zero attached hydrogens (tertiary/aromatic N) is 2. The van der Waals surface area contributed by atoms with Gasteiger partial charge in [-0.2, -0.15) is 0 Å². The van der Waals surface area contributed by atoms with E-state index in [1.807, 2.05) is 20.8 Å². The van der Waals surface area contributed by atoms with E-state index in [9.17, 15) is 4.79 Å². The van der Waals surface area contributed by atoms with Crippen molar-refractivity contribution in [1.82, 2.24) is 9.88 Å². The Morgan fingerprint density at radius 3 is 2.82 bits per heavy atom. The van der Waals surface area contributed by atoms with Crippen LogP contribution in [0.4, 0.5) is 16.3 Å². The predicted molar refractivity (Wildman–Crippen MR) is 85.0 cm³/mol. The van der Waals surface area contributed by atoms with E-state index in [0.29, 0.717) is 30.3 Å². The van der Waals surface area contributed by atoms with E-state index in [-0.39, 0.29) is 12.1 Å². The molecule has 0 aliphatic carbocycles. The summed E-state index contributed by atoms with van der Waals surface area (Å²) in [5.74, 6) is 1.22. The topological polar surface area (TPSA) is 89.7 Å². The summed E-state index contributed by atoms with van der Waals surface area (Å²) in [5, 5.41) is 3.27. The normalized spacial score (nSPS) is 18.2. The van der Waals surface area contributed by atoms with Crippen molar-refractivity contribution in [1.29, 1.82) is 0 Å². The number of rotatable bonds is 3. The maximum absolute atomic E-state index is 12.0. The molecule has 0 aromatic carbocycles. The smallest absolute Gasteiger partial charge is 0.410 e. The zero-order chi connectivity index (χ0) is 16.3. The highest BCUT2D eigenvalue weighted by atomic mass is 16.6. The van der Waals surface area contributed by atoms with Gasteiger partial charge in [0.15, 0.2) is 0 Å². The quantitative estimate of drug-likeness (QED) is 0.888. The first-order valence-corrected chi connectivity index (χ1v) is 7.32. The van der Waals surface area contributed by atoms with Gasteiger partial charge in [-0.1, -0.05) is 0 Å². The second-order valence-electron chi connectivity index (χ2n) is 6.37. The van der Waals surface area contributed by atoms with Crippen LogP contribution >= 0.6 is 0 Å². The number of aromatic nitrogens is 1. The maximum Gasteiger partial charge on any atom is 0.410 e. The summed E-state index contributed by atoms with van der Waals surface area (Å²) in [4.78, 5) is 18.0. The second-order valence-corrected chi connectivity index (χ2v) is 6.37. The molecule has 1 amide bonds. The standard InChI is InChI=1S/C15H24N4O3/c1-15(2,3)22-14(20)19-6-5-10(9-19)18-13-12(16)7-11(21-4)8-17-13/h7-8,10H,5-6,9,16H2,1-4H3,(H,17,18). The summed E-state index contributed by atoms with van der Waals surface area (Å²) < 4.78 is 10.5. The summed E-state index contributed by atoms with van der Waals surface area (Å²) >= 11 is 0. The number of pyridine rings is 1. The molecule has 1 unspecified atom stereocenters. The van der Waals surface area contributed by atoms with Gasteiger partial charge in [-0.3, -0.25) is 0 Å². The fraction of sp³-hybridized carbons (Fsp3) is 0.600. The van der Waals surface area contributed by atoms with Gasteiger partial charge in [-0.25, -0.2) is 9.78 Å². The lowest BCUT2D eigenvalue weighted by Crippen LogP contribution is -2.36. The minimum atomic E-state index is -0.482. The van der Waals surface area contributed by atoms with Crippen molar-refractivity contribution < 1.29 is 14.3 Å². The number of nitrogens with two attached hydrogens (primary N) is 1. The fourth-order valence-electron chi connectivity index (χ4n) is 2.26. The van der Waals surface area contributed by atoms with Crippen LogP contribution in [0, 0.1) is 0 Å². The van der Waals surface area contributed by atoms with Crippen molar-refractivity contribution >= 4 is 17.6 Å². The Morgan fingerprint density at radius 1 is 1.50 bits per heavy atom. The lowest BCUT2D eigenvalue weighted by Gasteiger charge is -2.24. The summed E-state index contributed by atoms with van der Waals surface area (Å²) in [6, 6.07) is 1.83. The average molecular weight is 308 g/mol. The number of carbonyl (C=O) groups is 1. The molecule has 0 spiro atoms. The van der Waals surface area contributed by atoms with E-state index in [1.54, 1.807) is 24.3 Å². The van der Waals surface area contributed by atoms with E-state index >= 15 is 0 Å². The molecule has 1 aliphatic rings. The molecule has 1 aliphatic heterocycles. The van der Waals surface area contributed by atoms with Crippen LogP contribution in [0.3, 0.4) is 0 Å². The van der Waals surface area contributed by atoms with Gasteiger partial charge in [0.05, 0.1) is 19.0 Å². The van der Waals surface area contributed by atoms with E-state index in [4.69, 9.17) is 15.2 Å². The van der Waals surface area contributed by atoms with E-state index < -0.39 is 5.60 Å². The monoisotopic (exact) mass is 308 g/mol. The van der Waals surface area contributed by atoms with E-state index in [2.05, 4.69) is 10.3 Å². The summed E-state index contributed by atoms with van der Waals surface area (Å²) in [6.45, 7) is 6.81. The average Bonchev–Trinajstić information content (AvgIpc) is 2.88. The van der Waals surface area contributed by atoms with Gasteiger partial charge < -0.3 is 25.4 Å². The molecular formula is C15H24N4O3. The molecule has 2 heterocycles. The lowest BCUT2D eigenvalue weighted by molar-refractivity contribution is 0.0293. The Bertz CT molecular complexity index is 542. The number of hydrogen-bond acceptors (Lipinski definition) is 6. The second kappa shape index (κ2) is 6.29. The Labute approximate surface area is 130 Å². The molecular weight excluding hydrogens is 284 g/mol. The van der Waals surface area contributed by atoms with Crippen LogP contribution in [-0.2, 0) is 4.74 Å². The minimum Gasteiger partial charge on any atom is -0.495 e. The molecule has 7 heteroatoms. The number of nitrogens with one attached hydrogen (secondary N) is 1. The van der Waals surface area contributed by atoms with Crippen LogP contribution in [0.25, 0.3) is 0 Å². The Balaban J connectivity index is 1.92. The largest absolute Gasteiger partial charge is 0.495 e. The first-order valence-electron chi connectivity index (χ1n) is 7.32. The molecule has 1 atom stereocenters. The van der Waals surface area contributed by atoms with Gasteiger partial charge >= 0.3 is 6.09 Å². The summed E-state index contributed by atoms with van der Waals surface area (Å²) in [7, 11) is 1.57. The third-order valence-corrected chi connectivity index (χ3v) is 3.31. The highest BCUT2D eigenvalue weighted by molar-refractivity contribution is 5.69. The molecule has 7 nitrogen and oxygen atoms in total. The number of carbonyl (C=O) groups excluding carboxylic acids is 1. The van der Waals surface area contributed by atoms with Crippen molar-refractivity contribution in [3.05, 3.63) is 12.3 Å². The fourth-order valence-corrected chi connectivity index (χ4v) is 2.26. The highest BCUT2D eigenvalue weighted by Crippen LogP contribution is 2.24. The third-order valence-electron chi connectivity index (χ3n) is 3.31. The van der Waals surface area contributed by atoms with Crippen LogP contribution in [0.2, 0.25) is 0 Å². The SMILES string of the molecule is COc1cnc(NC2CCN(C(=O)OC(C)(C)C)C2)c(N)c1. The lowest BCUT2D eigenvalue weighted by atomic mass is 10.2. The first-order chi connectivity index (χ1) is 10.3. The molecule has 0 saturated carbocycles. The molecule has 3 N–H and O–H groups in total. The van der Waals surface area contributed by atoms with Gasteiger partial charge in [0.1, 0.15) is 17.2 Å². The number of anilines is 2. The maximum atomic E-state index is 12.0. The molecule has 1 saturated heterocycles.